The second kappa shape index (κ2) is 8.16. The average molecular weight is 376 g/mol. The molecule has 1 aliphatic rings. The van der Waals surface area contributed by atoms with Gasteiger partial charge in [-0.1, -0.05) is 48.0 Å². The molecule has 1 amide bonds. The molecule has 0 spiro atoms. The van der Waals surface area contributed by atoms with Gasteiger partial charge in [-0.15, -0.1) is 0 Å². The molecule has 0 aliphatic carbocycles. The Balaban J connectivity index is 1.60. The molecule has 1 aliphatic heterocycles. The van der Waals surface area contributed by atoms with E-state index in [4.69, 9.17) is 17.3 Å². The fraction of sp³-hybridized carbons (Fsp3) is 0.350. The van der Waals surface area contributed by atoms with Gasteiger partial charge in [0.05, 0.1) is 6.54 Å². The third kappa shape index (κ3) is 4.23. The number of carbonyl (C=O) groups is 1. The van der Waals surface area contributed by atoms with Crippen molar-refractivity contribution in [2.24, 2.45) is 5.73 Å². The summed E-state index contributed by atoms with van der Waals surface area (Å²) < 4.78 is 13.9. The number of carbonyl (C=O) groups excluding carboxylic acids is 1. The molecule has 1 heterocycles. The fourth-order valence-electron chi connectivity index (χ4n) is 3.42. The van der Waals surface area contributed by atoms with Crippen LogP contribution in [0.4, 0.5) is 4.39 Å². The molecule has 2 N–H and O–H groups in total. The number of hydrogen-bond acceptors (Lipinski definition) is 3. The molecule has 2 aromatic rings. The van der Waals surface area contributed by atoms with Crippen LogP contribution in [0.3, 0.4) is 0 Å². The molecule has 1 fully saturated rings. The Hall–Kier alpha value is -1.95. The lowest BCUT2D eigenvalue weighted by Gasteiger charge is -2.22. The number of nitrogens with two attached hydrogens (primary N) is 1. The van der Waals surface area contributed by atoms with E-state index in [1.165, 1.54) is 16.5 Å². The minimum absolute atomic E-state index is 0.00322. The van der Waals surface area contributed by atoms with Gasteiger partial charge in [0.15, 0.2) is 0 Å². The number of amides is 1. The Morgan fingerprint density at radius 3 is 2.65 bits per heavy atom. The summed E-state index contributed by atoms with van der Waals surface area (Å²) in [4.78, 5) is 16.1. The van der Waals surface area contributed by atoms with Crippen LogP contribution >= 0.6 is 11.6 Å². The van der Waals surface area contributed by atoms with E-state index in [0.717, 1.165) is 6.54 Å². The van der Waals surface area contributed by atoms with Gasteiger partial charge in [-0.2, -0.15) is 0 Å². The smallest absolute Gasteiger partial charge is 0.236 e. The first-order chi connectivity index (χ1) is 12.5. The highest BCUT2D eigenvalue weighted by molar-refractivity contribution is 6.31. The summed E-state index contributed by atoms with van der Waals surface area (Å²) in [6, 6.07) is 14.7. The molecule has 1 saturated heterocycles. The second-order valence-corrected chi connectivity index (χ2v) is 7.23. The predicted octanol–water partition coefficient (Wildman–Crippen LogP) is 2.86. The zero-order valence-corrected chi connectivity index (χ0v) is 15.5. The number of hydrogen-bond donors (Lipinski definition) is 1. The Bertz CT molecular complexity index is 751. The van der Waals surface area contributed by atoms with Gasteiger partial charge in [-0.3, -0.25) is 9.69 Å². The van der Waals surface area contributed by atoms with Crippen molar-refractivity contribution in [2.45, 2.75) is 18.5 Å². The molecular formula is C20H23ClFN3O. The van der Waals surface area contributed by atoms with Gasteiger partial charge in [0.1, 0.15) is 5.82 Å². The van der Waals surface area contributed by atoms with Crippen molar-refractivity contribution in [2.75, 3.05) is 26.7 Å². The van der Waals surface area contributed by atoms with Crippen LogP contribution in [0, 0.1) is 5.82 Å². The Morgan fingerprint density at radius 1 is 1.23 bits per heavy atom. The van der Waals surface area contributed by atoms with Crippen molar-refractivity contribution in [3.05, 3.63) is 70.5 Å². The first-order valence-corrected chi connectivity index (χ1v) is 9.03. The van der Waals surface area contributed by atoms with E-state index in [2.05, 4.69) is 17.0 Å². The van der Waals surface area contributed by atoms with Gasteiger partial charge in [0.2, 0.25) is 5.91 Å². The lowest BCUT2D eigenvalue weighted by molar-refractivity contribution is -0.131. The maximum absolute atomic E-state index is 13.9. The summed E-state index contributed by atoms with van der Waals surface area (Å²) in [7, 11) is 1.66. The van der Waals surface area contributed by atoms with Crippen LogP contribution in [-0.2, 0) is 11.3 Å². The highest BCUT2D eigenvalue weighted by Crippen LogP contribution is 2.26. The van der Waals surface area contributed by atoms with Crippen molar-refractivity contribution >= 4 is 17.5 Å². The molecule has 0 aromatic heterocycles. The van der Waals surface area contributed by atoms with Crippen LogP contribution in [-0.4, -0.2) is 48.4 Å². The van der Waals surface area contributed by atoms with Gasteiger partial charge in [0, 0.05) is 49.2 Å². The fourth-order valence-corrected chi connectivity index (χ4v) is 3.64. The molecule has 0 saturated carbocycles. The lowest BCUT2D eigenvalue weighted by Crippen LogP contribution is -2.38. The molecule has 0 bridgehead atoms. The van der Waals surface area contributed by atoms with Crippen LogP contribution in [0.1, 0.15) is 17.0 Å². The van der Waals surface area contributed by atoms with E-state index >= 15 is 0 Å². The molecule has 6 heteroatoms. The Labute approximate surface area is 158 Å². The minimum Gasteiger partial charge on any atom is -0.340 e. The summed E-state index contributed by atoms with van der Waals surface area (Å²) in [5, 5.41) is 0.331. The molecule has 2 atom stereocenters. The summed E-state index contributed by atoms with van der Waals surface area (Å²) in [6.45, 7) is 1.82. The third-order valence-corrected chi connectivity index (χ3v) is 5.26. The summed E-state index contributed by atoms with van der Waals surface area (Å²) in [5.41, 5.74) is 7.82. The third-order valence-electron chi connectivity index (χ3n) is 4.91. The quantitative estimate of drug-likeness (QED) is 0.874. The van der Waals surface area contributed by atoms with Crippen molar-refractivity contribution < 1.29 is 9.18 Å². The SMILES string of the molecule is CN(Cc1c(F)cccc1Cl)C(=O)CN1C[C@@H](N)[C@H](c2ccccc2)C1. The number of rotatable bonds is 5. The zero-order valence-electron chi connectivity index (χ0n) is 14.7. The van der Waals surface area contributed by atoms with Crippen molar-refractivity contribution in [3.8, 4) is 0 Å². The number of benzene rings is 2. The molecular weight excluding hydrogens is 353 g/mol. The van der Waals surface area contributed by atoms with E-state index in [-0.39, 0.29) is 31.0 Å². The van der Waals surface area contributed by atoms with Gasteiger partial charge < -0.3 is 10.6 Å². The van der Waals surface area contributed by atoms with Crippen LogP contribution < -0.4 is 5.73 Å². The summed E-state index contributed by atoms with van der Waals surface area (Å²) in [5.74, 6) is -0.259. The van der Waals surface area contributed by atoms with Crippen LogP contribution in [0.5, 0.6) is 0 Å². The highest BCUT2D eigenvalue weighted by Gasteiger charge is 2.32. The number of halogens is 2. The highest BCUT2D eigenvalue weighted by atomic mass is 35.5. The number of nitrogens with zero attached hydrogens (tertiary/aromatic N) is 2. The van der Waals surface area contributed by atoms with Crippen LogP contribution in [0.2, 0.25) is 5.02 Å². The normalized spacial score (nSPS) is 20.3. The number of likely N-dealkylation sites (N-methyl/N-ethyl adjacent to an activating group) is 1. The molecule has 26 heavy (non-hydrogen) atoms. The zero-order chi connectivity index (χ0) is 18.7. The molecule has 2 aromatic carbocycles. The molecule has 3 rings (SSSR count). The average Bonchev–Trinajstić information content (AvgIpc) is 2.99. The molecule has 138 valence electrons. The van der Waals surface area contributed by atoms with Gasteiger partial charge >= 0.3 is 0 Å². The van der Waals surface area contributed by atoms with Gasteiger partial charge in [-0.25, -0.2) is 4.39 Å². The van der Waals surface area contributed by atoms with E-state index in [9.17, 15) is 9.18 Å². The van der Waals surface area contributed by atoms with Crippen molar-refractivity contribution in [1.82, 2.24) is 9.80 Å². The molecule has 0 radical (unpaired) electrons. The lowest BCUT2D eigenvalue weighted by atomic mass is 9.95. The summed E-state index contributed by atoms with van der Waals surface area (Å²) >= 11 is 6.05. The van der Waals surface area contributed by atoms with E-state index in [1.807, 2.05) is 18.2 Å². The first kappa shape index (κ1) is 18.8. The van der Waals surface area contributed by atoms with Crippen LogP contribution in [0.25, 0.3) is 0 Å². The first-order valence-electron chi connectivity index (χ1n) is 8.65. The van der Waals surface area contributed by atoms with Crippen molar-refractivity contribution in [1.29, 1.82) is 0 Å². The van der Waals surface area contributed by atoms with Gasteiger partial charge in [0.25, 0.3) is 0 Å². The van der Waals surface area contributed by atoms with E-state index in [1.54, 1.807) is 19.2 Å². The Kier molecular flexibility index (Phi) is 5.91. The Morgan fingerprint density at radius 2 is 1.96 bits per heavy atom. The van der Waals surface area contributed by atoms with Crippen LogP contribution in [0.15, 0.2) is 48.5 Å². The maximum atomic E-state index is 13.9. The van der Waals surface area contributed by atoms with E-state index < -0.39 is 5.82 Å². The molecule has 0 unspecified atom stereocenters. The predicted molar refractivity (Wildman–Crippen MR) is 101 cm³/mol. The summed E-state index contributed by atoms with van der Waals surface area (Å²) in [6.07, 6.45) is 0. The largest absolute Gasteiger partial charge is 0.340 e. The molecule has 4 nitrogen and oxygen atoms in total. The second-order valence-electron chi connectivity index (χ2n) is 6.83. The van der Waals surface area contributed by atoms with Crippen molar-refractivity contribution in [3.63, 3.8) is 0 Å². The monoisotopic (exact) mass is 375 g/mol. The number of likely N-dealkylation sites (tertiary alicyclic amines) is 1. The minimum atomic E-state index is -0.399. The standard InChI is InChI=1S/C20H23ClFN3O/c1-24(10-16-17(21)8-5-9-18(16)22)20(26)13-25-11-15(19(23)12-25)14-6-3-2-4-7-14/h2-9,15,19H,10-13,23H2,1H3/t15-,19+/m0/s1. The van der Waals surface area contributed by atoms with Gasteiger partial charge in [-0.05, 0) is 17.7 Å². The van der Waals surface area contributed by atoms with E-state index in [0.29, 0.717) is 17.1 Å². The maximum Gasteiger partial charge on any atom is 0.236 e. The topological polar surface area (TPSA) is 49.6 Å².